The van der Waals surface area contributed by atoms with Crippen LogP contribution in [0, 0.1) is 5.41 Å². The number of carboxylic acid groups (broad SMARTS) is 1. The molecule has 1 heterocycles. The SMILES string of the molecule is CCCC1(CNc2c(C(=O)O)nnc3ccccc23)CC1. The normalized spacial score (nSPS) is 15.9. The number of hydrogen-bond acceptors (Lipinski definition) is 4. The van der Waals surface area contributed by atoms with E-state index in [2.05, 4.69) is 22.4 Å². The van der Waals surface area contributed by atoms with E-state index in [1.165, 1.54) is 19.3 Å². The minimum absolute atomic E-state index is 0.000925. The minimum Gasteiger partial charge on any atom is -0.476 e. The third-order valence-electron chi connectivity index (χ3n) is 4.25. The Balaban J connectivity index is 1.95. The molecule has 1 fully saturated rings. The van der Waals surface area contributed by atoms with Crippen LogP contribution in [0.15, 0.2) is 24.3 Å². The van der Waals surface area contributed by atoms with E-state index in [9.17, 15) is 9.90 Å². The van der Waals surface area contributed by atoms with Gasteiger partial charge in [0.15, 0.2) is 5.69 Å². The number of nitrogens with one attached hydrogen (secondary N) is 1. The molecule has 0 amide bonds. The van der Waals surface area contributed by atoms with Gasteiger partial charge >= 0.3 is 5.97 Å². The lowest BCUT2D eigenvalue weighted by molar-refractivity contribution is 0.0690. The average molecular weight is 285 g/mol. The van der Waals surface area contributed by atoms with Crippen LogP contribution in [0.5, 0.6) is 0 Å². The van der Waals surface area contributed by atoms with E-state index < -0.39 is 5.97 Å². The Kier molecular flexibility index (Phi) is 3.49. The molecule has 0 atom stereocenters. The summed E-state index contributed by atoms with van der Waals surface area (Å²) in [5.74, 6) is -1.05. The second-order valence-electron chi connectivity index (χ2n) is 5.85. The minimum atomic E-state index is -1.05. The molecule has 1 aliphatic carbocycles. The summed E-state index contributed by atoms with van der Waals surface area (Å²) in [6, 6.07) is 7.50. The van der Waals surface area contributed by atoms with Crippen LogP contribution < -0.4 is 5.32 Å². The fourth-order valence-electron chi connectivity index (χ4n) is 2.88. The third kappa shape index (κ3) is 2.68. The van der Waals surface area contributed by atoms with Crippen LogP contribution >= 0.6 is 0 Å². The zero-order valence-corrected chi connectivity index (χ0v) is 12.1. The lowest BCUT2D eigenvalue weighted by atomic mass is 10.0. The maximum absolute atomic E-state index is 11.4. The molecule has 2 aromatic rings. The zero-order chi connectivity index (χ0) is 14.9. The van der Waals surface area contributed by atoms with Crippen molar-refractivity contribution < 1.29 is 9.90 Å². The fourth-order valence-corrected chi connectivity index (χ4v) is 2.88. The number of nitrogens with zero attached hydrogens (tertiary/aromatic N) is 2. The van der Waals surface area contributed by atoms with Crippen LogP contribution in [0.1, 0.15) is 43.1 Å². The topological polar surface area (TPSA) is 75.1 Å². The number of carboxylic acids is 1. The molecule has 1 aromatic carbocycles. The first-order valence-electron chi connectivity index (χ1n) is 7.38. The molecule has 1 saturated carbocycles. The molecule has 1 aromatic heterocycles. The molecule has 1 aliphatic rings. The number of carbonyl (C=O) groups is 1. The molecule has 0 aliphatic heterocycles. The summed E-state index contributed by atoms with van der Waals surface area (Å²) in [6.45, 7) is 2.99. The molecule has 5 heteroatoms. The first kappa shape index (κ1) is 13.8. The molecule has 2 N–H and O–H groups in total. The van der Waals surface area contributed by atoms with Crippen LogP contribution in [0.4, 0.5) is 5.69 Å². The van der Waals surface area contributed by atoms with Gasteiger partial charge in [-0.1, -0.05) is 31.5 Å². The van der Waals surface area contributed by atoms with Gasteiger partial charge in [0, 0.05) is 11.9 Å². The highest BCUT2D eigenvalue weighted by Crippen LogP contribution is 2.49. The molecule has 0 bridgehead atoms. The molecule has 0 saturated heterocycles. The summed E-state index contributed by atoms with van der Waals surface area (Å²) < 4.78 is 0. The quantitative estimate of drug-likeness (QED) is 0.851. The highest BCUT2D eigenvalue weighted by molar-refractivity contribution is 6.02. The van der Waals surface area contributed by atoms with Gasteiger partial charge in [-0.3, -0.25) is 0 Å². The highest BCUT2D eigenvalue weighted by atomic mass is 16.4. The summed E-state index contributed by atoms with van der Waals surface area (Å²) in [4.78, 5) is 11.4. The van der Waals surface area contributed by atoms with Crippen molar-refractivity contribution >= 4 is 22.6 Å². The van der Waals surface area contributed by atoms with Crippen molar-refractivity contribution in [3.8, 4) is 0 Å². The van der Waals surface area contributed by atoms with E-state index >= 15 is 0 Å². The van der Waals surface area contributed by atoms with E-state index in [0.717, 1.165) is 18.4 Å². The van der Waals surface area contributed by atoms with E-state index in [4.69, 9.17) is 0 Å². The molecule has 0 radical (unpaired) electrons. The molecule has 3 rings (SSSR count). The molecular weight excluding hydrogens is 266 g/mol. The first-order chi connectivity index (χ1) is 10.2. The number of aromatic nitrogens is 2. The second kappa shape index (κ2) is 5.31. The maximum atomic E-state index is 11.4. The molecule has 0 spiro atoms. The summed E-state index contributed by atoms with van der Waals surface area (Å²) in [5, 5.41) is 21.3. The zero-order valence-electron chi connectivity index (χ0n) is 12.1. The van der Waals surface area contributed by atoms with Gasteiger partial charge in [0.1, 0.15) is 0 Å². The van der Waals surface area contributed by atoms with Crippen LogP contribution in [0.25, 0.3) is 10.9 Å². The van der Waals surface area contributed by atoms with E-state index in [-0.39, 0.29) is 5.69 Å². The van der Waals surface area contributed by atoms with Crippen molar-refractivity contribution in [2.45, 2.75) is 32.6 Å². The van der Waals surface area contributed by atoms with Gasteiger partial charge in [-0.2, -0.15) is 0 Å². The van der Waals surface area contributed by atoms with Crippen molar-refractivity contribution in [3.63, 3.8) is 0 Å². The number of anilines is 1. The lowest BCUT2D eigenvalue weighted by Gasteiger charge is -2.17. The van der Waals surface area contributed by atoms with Crippen molar-refractivity contribution in [1.82, 2.24) is 10.2 Å². The van der Waals surface area contributed by atoms with Gasteiger partial charge in [-0.05, 0) is 30.7 Å². The number of hydrogen-bond donors (Lipinski definition) is 2. The van der Waals surface area contributed by atoms with Gasteiger partial charge in [-0.25, -0.2) is 4.79 Å². The van der Waals surface area contributed by atoms with E-state index in [1.807, 2.05) is 24.3 Å². The molecule has 21 heavy (non-hydrogen) atoms. The monoisotopic (exact) mass is 285 g/mol. The lowest BCUT2D eigenvalue weighted by Crippen LogP contribution is -2.18. The van der Waals surface area contributed by atoms with E-state index in [1.54, 1.807) is 0 Å². The van der Waals surface area contributed by atoms with Crippen molar-refractivity contribution in [2.75, 3.05) is 11.9 Å². The second-order valence-corrected chi connectivity index (χ2v) is 5.85. The van der Waals surface area contributed by atoms with Gasteiger partial charge < -0.3 is 10.4 Å². The maximum Gasteiger partial charge on any atom is 0.358 e. The summed E-state index contributed by atoms with van der Waals surface area (Å²) in [5.41, 5.74) is 1.65. The number of benzene rings is 1. The smallest absolute Gasteiger partial charge is 0.358 e. The largest absolute Gasteiger partial charge is 0.476 e. The van der Waals surface area contributed by atoms with E-state index in [0.29, 0.717) is 16.6 Å². The van der Waals surface area contributed by atoms with Crippen molar-refractivity contribution in [1.29, 1.82) is 0 Å². The van der Waals surface area contributed by atoms with Gasteiger partial charge in [0.25, 0.3) is 0 Å². The van der Waals surface area contributed by atoms with Crippen molar-refractivity contribution in [2.24, 2.45) is 5.41 Å². The summed E-state index contributed by atoms with van der Waals surface area (Å²) in [7, 11) is 0. The Morgan fingerprint density at radius 3 is 2.76 bits per heavy atom. The molecule has 110 valence electrons. The summed E-state index contributed by atoms with van der Waals surface area (Å²) >= 11 is 0. The van der Waals surface area contributed by atoms with Gasteiger partial charge in [0.05, 0.1) is 11.2 Å². The van der Waals surface area contributed by atoms with Crippen LogP contribution in [-0.2, 0) is 0 Å². The first-order valence-corrected chi connectivity index (χ1v) is 7.38. The predicted molar refractivity (Wildman–Crippen MR) is 81.6 cm³/mol. The average Bonchev–Trinajstić information content (AvgIpc) is 3.25. The Morgan fingerprint density at radius 2 is 2.10 bits per heavy atom. The molecule has 5 nitrogen and oxygen atoms in total. The Bertz CT molecular complexity index is 680. The van der Waals surface area contributed by atoms with Gasteiger partial charge in [0.2, 0.25) is 0 Å². The van der Waals surface area contributed by atoms with Gasteiger partial charge in [-0.15, -0.1) is 10.2 Å². The number of rotatable bonds is 6. The van der Waals surface area contributed by atoms with Crippen LogP contribution in [-0.4, -0.2) is 27.8 Å². The standard InChI is InChI=1S/C16H19N3O2/c1-2-7-16(8-9-16)10-17-13-11-5-3-4-6-12(11)18-19-14(13)15(20)21/h3-6H,2,7-10H2,1H3,(H,17,18)(H,20,21). The van der Waals surface area contributed by atoms with Crippen LogP contribution in [0.3, 0.4) is 0 Å². The highest BCUT2D eigenvalue weighted by Gasteiger charge is 2.41. The Hall–Kier alpha value is -2.17. The predicted octanol–water partition coefficient (Wildman–Crippen LogP) is 3.32. The number of aromatic carboxylic acids is 1. The summed E-state index contributed by atoms with van der Waals surface area (Å²) in [6.07, 6.45) is 4.76. The fraction of sp³-hybridized carbons (Fsp3) is 0.438. The third-order valence-corrected chi connectivity index (χ3v) is 4.25. The molecular formula is C16H19N3O2. The molecule has 0 unspecified atom stereocenters. The van der Waals surface area contributed by atoms with Crippen LogP contribution in [0.2, 0.25) is 0 Å². The Labute approximate surface area is 123 Å². The van der Waals surface area contributed by atoms with Crippen molar-refractivity contribution in [3.05, 3.63) is 30.0 Å². The Morgan fingerprint density at radius 1 is 1.33 bits per heavy atom. The number of fused-ring (bicyclic) bond motifs is 1.